The van der Waals surface area contributed by atoms with Crippen molar-refractivity contribution in [2.45, 2.75) is 34.8 Å². The fourth-order valence-corrected chi connectivity index (χ4v) is 5.23. The van der Waals surface area contributed by atoms with Crippen LogP contribution in [0, 0.1) is 0 Å². The average molecular weight is 537 g/mol. The molecule has 13 heteroatoms. The van der Waals surface area contributed by atoms with Gasteiger partial charge in [-0.1, -0.05) is 18.2 Å². The molecule has 4 rings (SSSR count). The minimum Gasteiger partial charge on any atom is -0.308 e. The number of thioether (sulfide) groups is 1. The first-order valence-corrected chi connectivity index (χ1v) is 12.8. The number of hydrogen-bond acceptors (Lipinski definition) is 6. The van der Waals surface area contributed by atoms with Gasteiger partial charge in [0.05, 0.1) is 29.0 Å². The molecule has 0 bridgehead atoms. The van der Waals surface area contributed by atoms with Crippen molar-refractivity contribution in [1.82, 2.24) is 9.88 Å². The number of nitrogens with one attached hydrogen (secondary N) is 1. The Hall–Kier alpha value is -3.58. The molecule has 1 unspecified atom stereocenters. The molecule has 2 aromatic carbocycles. The molecule has 3 aromatic rings. The summed E-state index contributed by atoms with van der Waals surface area (Å²) in [7, 11) is -3.93. The second-order valence-electron chi connectivity index (χ2n) is 7.75. The van der Waals surface area contributed by atoms with Crippen molar-refractivity contribution >= 4 is 45.1 Å². The summed E-state index contributed by atoms with van der Waals surface area (Å²) in [4.78, 5) is 32.1. The maximum atomic E-state index is 13.2. The first-order valence-electron chi connectivity index (χ1n) is 10.5. The van der Waals surface area contributed by atoms with Crippen LogP contribution >= 0.6 is 11.8 Å². The van der Waals surface area contributed by atoms with Crippen LogP contribution in [-0.2, 0) is 21.4 Å². The fourth-order valence-electron chi connectivity index (χ4n) is 3.59. The van der Waals surface area contributed by atoms with Crippen molar-refractivity contribution in [1.29, 1.82) is 0 Å². The highest BCUT2D eigenvalue weighted by atomic mass is 32.2. The molecule has 0 saturated carbocycles. The lowest BCUT2D eigenvalue weighted by Crippen LogP contribution is -2.33. The Balaban J connectivity index is 1.56. The largest absolute Gasteiger partial charge is 0.446 e. The molecule has 1 N–H and O–H groups in total. The number of sulfonamides is 1. The third-order valence-corrected chi connectivity index (χ3v) is 7.48. The SMILES string of the molecule is CC1C(=O)N(c2ccc(SC(F)(F)F)cc2)C(=O)N1Cc1ccncc1NS(=O)(=O)c1ccccc1. The molecule has 1 aromatic heterocycles. The molecule has 8 nitrogen and oxygen atoms in total. The van der Waals surface area contributed by atoms with E-state index in [-0.39, 0.29) is 39.5 Å². The number of imide groups is 1. The molecule has 0 radical (unpaired) electrons. The first-order chi connectivity index (χ1) is 17.0. The second kappa shape index (κ2) is 9.82. The zero-order chi connectivity index (χ0) is 26.1. The van der Waals surface area contributed by atoms with Crippen LogP contribution in [-0.4, -0.2) is 41.8 Å². The van der Waals surface area contributed by atoms with Gasteiger partial charge in [0.25, 0.3) is 15.9 Å². The molecule has 1 aliphatic heterocycles. The summed E-state index contributed by atoms with van der Waals surface area (Å²) in [5.41, 5.74) is -3.79. The van der Waals surface area contributed by atoms with E-state index in [9.17, 15) is 31.2 Å². The number of anilines is 2. The quantitative estimate of drug-likeness (QED) is 0.342. The molecule has 0 spiro atoms. The topological polar surface area (TPSA) is 99.7 Å². The Labute approximate surface area is 209 Å². The summed E-state index contributed by atoms with van der Waals surface area (Å²) in [5.74, 6) is -0.559. The van der Waals surface area contributed by atoms with E-state index in [4.69, 9.17) is 0 Å². The Bertz CT molecular complexity index is 1380. The number of alkyl halides is 3. The van der Waals surface area contributed by atoms with Crippen molar-refractivity contribution in [3.05, 3.63) is 78.6 Å². The van der Waals surface area contributed by atoms with E-state index < -0.39 is 33.5 Å². The standard InChI is InChI=1S/C23H19F3N4O4S2/c1-15-21(31)30(17-7-9-18(10-8-17)35-23(24,25)26)22(32)29(15)14-16-11-12-27-13-20(16)28-36(33,34)19-5-3-2-4-6-19/h2-13,15,28H,14H2,1H3. The van der Waals surface area contributed by atoms with Gasteiger partial charge in [0.1, 0.15) is 6.04 Å². The van der Waals surface area contributed by atoms with Gasteiger partial charge in [-0.3, -0.25) is 14.5 Å². The number of carbonyl (C=O) groups is 2. The maximum Gasteiger partial charge on any atom is 0.446 e. The van der Waals surface area contributed by atoms with E-state index in [0.29, 0.717) is 5.56 Å². The summed E-state index contributed by atoms with van der Waals surface area (Å²) >= 11 is -0.300. The predicted molar refractivity (Wildman–Crippen MR) is 128 cm³/mol. The third kappa shape index (κ3) is 5.46. The summed E-state index contributed by atoms with van der Waals surface area (Å²) < 4.78 is 65.8. The Morgan fingerprint density at radius 2 is 1.69 bits per heavy atom. The fraction of sp³-hybridized carbons (Fsp3) is 0.174. The van der Waals surface area contributed by atoms with Gasteiger partial charge < -0.3 is 4.90 Å². The number of nitrogens with zero attached hydrogens (tertiary/aromatic N) is 3. The van der Waals surface area contributed by atoms with Crippen LogP contribution in [0.15, 0.2) is 82.8 Å². The monoisotopic (exact) mass is 536 g/mol. The highest BCUT2D eigenvalue weighted by Gasteiger charge is 2.43. The molecule has 36 heavy (non-hydrogen) atoms. The van der Waals surface area contributed by atoms with E-state index >= 15 is 0 Å². The van der Waals surface area contributed by atoms with Crippen LogP contribution in [0.2, 0.25) is 0 Å². The van der Waals surface area contributed by atoms with Crippen molar-refractivity contribution in [2.75, 3.05) is 9.62 Å². The van der Waals surface area contributed by atoms with Crippen LogP contribution < -0.4 is 9.62 Å². The number of amides is 3. The minimum atomic E-state index is -4.46. The number of benzene rings is 2. The Morgan fingerprint density at radius 1 is 1.03 bits per heavy atom. The minimum absolute atomic E-state index is 0.0407. The van der Waals surface area contributed by atoms with Gasteiger partial charge in [0, 0.05) is 11.1 Å². The molecule has 188 valence electrons. The number of carbonyl (C=O) groups excluding carboxylic acids is 2. The lowest BCUT2D eigenvalue weighted by Gasteiger charge is -2.21. The predicted octanol–water partition coefficient (Wildman–Crippen LogP) is 4.85. The van der Waals surface area contributed by atoms with Crippen LogP contribution in [0.3, 0.4) is 0 Å². The Kier molecular flexibility index (Phi) is 6.96. The van der Waals surface area contributed by atoms with Gasteiger partial charge in [0.2, 0.25) is 0 Å². The van der Waals surface area contributed by atoms with E-state index in [0.717, 1.165) is 4.90 Å². The molecule has 1 saturated heterocycles. The zero-order valence-corrected chi connectivity index (χ0v) is 20.3. The first kappa shape index (κ1) is 25.5. The molecule has 1 fully saturated rings. The average Bonchev–Trinajstić information content (AvgIpc) is 3.03. The molecule has 1 aliphatic rings. The summed E-state index contributed by atoms with van der Waals surface area (Å²) in [6, 6.07) is 12.6. The zero-order valence-electron chi connectivity index (χ0n) is 18.6. The van der Waals surface area contributed by atoms with Gasteiger partial charge in [0.15, 0.2) is 0 Å². The van der Waals surface area contributed by atoms with E-state index in [1.165, 1.54) is 66.7 Å². The molecule has 2 heterocycles. The highest BCUT2D eigenvalue weighted by Crippen LogP contribution is 2.38. The maximum absolute atomic E-state index is 13.2. The number of halogens is 3. The Morgan fingerprint density at radius 3 is 2.33 bits per heavy atom. The summed E-state index contributed by atoms with van der Waals surface area (Å²) in [6.07, 6.45) is 2.73. The number of hydrogen-bond donors (Lipinski definition) is 1. The third-order valence-electron chi connectivity index (χ3n) is 5.36. The van der Waals surface area contributed by atoms with Crippen molar-refractivity contribution in [3.8, 4) is 0 Å². The number of aromatic nitrogens is 1. The van der Waals surface area contributed by atoms with Crippen LogP contribution in [0.25, 0.3) is 0 Å². The van der Waals surface area contributed by atoms with E-state index in [2.05, 4.69) is 9.71 Å². The normalized spacial score (nSPS) is 16.5. The smallest absolute Gasteiger partial charge is 0.308 e. The summed E-state index contributed by atoms with van der Waals surface area (Å²) in [5, 5.41) is 0. The van der Waals surface area contributed by atoms with Crippen LogP contribution in [0.1, 0.15) is 12.5 Å². The van der Waals surface area contributed by atoms with Crippen LogP contribution in [0.5, 0.6) is 0 Å². The van der Waals surface area contributed by atoms with Gasteiger partial charge in [-0.15, -0.1) is 0 Å². The number of pyridine rings is 1. The van der Waals surface area contributed by atoms with Crippen molar-refractivity contribution in [3.63, 3.8) is 0 Å². The number of urea groups is 1. The van der Waals surface area contributed by atoms with Gasteiger partial charge in [-0.2, -0.15) is 13.2 Å². The molecule has 3 amide bonds. The molecule has 1 atom stereocenters. The van der Waals surface area contributed by atoms with Crippen molar-refractivity contribution in [2.24, 2.45) is 0 Å². The lowest BCUT2D eigenvalue weighted by atomic mass is 10.2. The molecular formula is C23H19F3N4O4S2. The van der Waals surface area contributed by atoms with Gasteiger partial charge in [-0.05, 0) is 66.7 Å². The second-order valence-corrected chi connectivity index (χ2v) is 10.6. The molecule has 0 aliphatic carbocycles. The van der Waals surface area contributed by atoms with E-state index in [1.807, 2.05) is 0 Å². The van der Waals surface area contributed by atoms with Crippen LogP contribution in [0.4, 0.5) is 29.3 Å². The molecular weight excluding hydrogens is 517 g/mol. The van der Waals surface area contributed by atoms with E-state index in [1.54, 1.807) is 18.2 Å². The highest BCUT2D eigenvalue weighted by molar-refractivity contribution is 8.00. The lowest BCUT2D eigenvalue weighted by molar-refractivity contribution is -0.119. The summed E-state index contributed by atoms with van der Waals surface area (Å²) in [6.45, 7) is 1.41. The van der Waals surface area contributed by atoms with Gasteiger partial charge in [-0.25, -0.2) is 18.1 Å². The number of rotatable bonds is 7. The van der Waals surface area contributed by atoms with Crippen molar-refractivity contribution < 1.29 is 31.2 Å². The van der Waals surface area contributed by atoms with Gasteiger partial charge >= 0.3 is 11.5 Å².